The van der Waals surface area contributed by atoms with Crippen molar-refractivity contribution in [2.75, 3.05) is 6.61 Å². The summed E-state index contributed by atoms with van der Waals surface area (Å²) in [7, 11) is 0. The summed E-state index contributed by atoms with van der Waals surface area (Å²) in [5.41, 5.74) is 7.14. The standard InChI is InChI=1S/C11H18N2O/c1-3-14-9(2)11(12)7-10-5-4-6-13-8-10/h4-6,8-9,11H,3,7,12H2,1-2H3. The minimum Gasteiger partial charge on any atom is -0.377 e. The maximum absolute atomic E-state index is 5.98. The maximum Gasteiger partial charge on any atom is 0.0700 e. The zero-order chi connectivity index (χ0) is 10.4. The Morgan fingerprint density at radius 1 is 1.57 bits per heavy atom. The average molecular weight is 194 g/mol. The molecule has 3 nitrogen and oxygen atoms in total. The lowest BCUT2D eigenvalue weighted by Crippen LogP contribution is -2.36. The van der Waals surface area contributed by atoms with Crippen LogP contribution < -0.4 is 5.73 Å². The number of ether oxygens (including phenoxy) is 1. The molecular weight excluding hydrogens is 176 g/mol. The van der Waals surface area contributed by atoms with Crippen molar-refractivity contribution in [3.05, 3.63) is 30.1 Å². The first-order chi connectivity index (χ1) is 6.74. The van der Waals surface area contributed by atoms with Gasteiger partial charge in [0, 0.05) is 25.0 Å². The molecule has 2 N–H and O–H groups in total. The van der Waals surface area contributed by atoms with Gasteiger partial charge in [-0.05, 0) is 31.9 Å². The number of hydrogen-bond donors (Lipinski definition) is 1. The molecule has 0 fully saturated rings. The average Bonchev–Trinajstić information content (AvgIpc) is 2.19. The van der Waals surface area contributed by atoms with Crippen molar-refractivity contribution in [3.63, 3.8) is 0 Å². The highest BCUT2D eigenvalue weighted by molar-refractivity contribution is 5.10. The minimum atomic E-state index is 0.0409. The van der Waals surface area contributed by atoms with Crippen molar-refractivity contribution in [1.29, 1.82) is 0 Å². The van der Waals surface area contributed by atoms with E-state index in [1.165, 1.54) is 0 Å². The molecule has 0 saturated carbocycles. The quantitative estimate of drug-likeness (QED) is 0.770. The topological polar surface area (TPSA) is 48.1 Å². The van der Waals surface area contributed by atoms with Crippen LogP contribution in [0, 0.1) is 0 Å². The van der Waals surface area contributed by atoms with Gasteiger partial charge in [-0.15, -0.1) is 0 Å². The van der Waals surface area contributed by atoms with Gasteiger partial charge in [0.05, 0.1) is 6.10 Å². The fourth-order valence-electron chi connectivity index (χ4n) is 1.34. The van der Waals surface area contributed by atoms with Crippen LogP contribution in [0.25, 0.3) is 0 Å². The van der Waals surface area contributed by atoms with Crippen LogP contribution >= 0.6 is 0 Å². The molecule has 0 aliphatic heterocycles. The molecule has 2 atom stereocenters. The van der Waals surface area contributed by atoms with Gasteiger partial charge in [-0.1, -0.05) is 6.07 Å². The first-order valence-electron chi connectivity index (χ1n) is 5.00. The number of aromatic nitrogens is 1. The second-order valence-electron chi connectivity index (χ2n) is 3.39. The monoisotopic (exact) mass is 194 g/mol. The van der Waals surface area contributed by atoms with Gasteiger partial charge in [-0.2, -0.15) is 0 Å². The number of pyridine rings is 1. The van der Waals surface area contributed by atoms with Crippen molar-refractivity contribution >= 4 is 0 Å². The Hall–Kier alpha value is -0.930. The van der Waals surface area contributed by atoms with E-state index >= 15 is 0 Å². The molecule has 2 unspecified atom stereocenters. The van der Waals surface area contributed by atoms with Crippen LogP contribution in [0.15, 0.2) is 24.5 Å². The Balaban J connectivity index is 2.44. The summed E-state index contributed by atoms with van der Waals surface area (Å²) in [6.07, 6.45) is 4.52. The van der Waals surface area contributed by atoms with E-state index in [-0.39, 0.29) is 12.1 Å². The summed E-state index contributed by atoms with van der Waals surface area (Å²) < 4.78 is 5.43. The minimum absolute atomic E-state index is 0.0409. The molecule has 3 heteroatoms. The summed E-state index contributed by atoms with van der Waals surface area (Å²) in [5.74, 6) is 0. The third-order valence-corrected chi connectivity index (χ3v) is 2.23. The van der Waals surface area contributed by atoms with Crippen LogP contribution in [0.2, 0.25) is 0 Å². The normalized spacial score (nSPS) is 15.1. The summed E-state index contributed by atoms with van der Waals surface area (Å²) in [6.45, 7) is 4.69. The van der Waals surface area contributed by atoms with E-state index in [0.29, 0.717) is 6.61 Å². The van der Waals surface area contributed by atoms with Gasteiger partial charge in [0.2, 0.25) is 0 Å². The molecule has 0 amide bonds. The van der Waals surface area contributed by atoms with Crippen LogP contribution in [-0.2, 0) is 11.2 Å². The summed E-state index contributed by atoms with van der Waals surface area (Å²) in [6, 6.07) is 4.00. The molecule has 14 heavy (non-hydrogen) atoms. The predicted octanol–water partition coefficient (Wildman–Crippen LogP) is 1.38. The number of nitrogens with zero attached hydrogens (tertiary/aromatic N) is 1. The predicted molar refractivity (Wildman–Crippen MR) is 57.0 cm³/mol. The molecule has 0 radical (unpaired) electrons. The molecule has 1 aromatic heterocycles. The van der Waals surface area contributed by atoms with Crippen molar-refractivity contribution in [1.82, 2.24) is 4.98 Å². The fourth-order valence-corrected chi connectivity index (χ4v) is 1.34. The van der Waals surface area contributed by atoms with Crippen molar-refractivity contribution in [2.45, 2.75) is 32.4 Å². The lowest BCUT2D eigenvalue weighted by molar-refractivity contribution is 0.0577. The molecule has 0 spiro atoms. The zero-order valence-electron chi connectivity index (χ0n) is 8.81. The SMILES string of the molecule is CCOC(C)C(N)Cc1cccnc1. The maximum atomic E-state index is 5.98. The van der Waals surface area contributed by atoms with Crippen LogP contribution in [0.5, 0.6) is 0 Å². The molecule has 78 valence electrons. The molecule has 0 aliphatic rings. The van der Waals surface area contributed by atoms with Crippen molar-refractivity contribution in [2.24, 2.45) is 5.73 Å². The van der Waals surface area contributed by atoms with E-state index in [2.05, 4.69) is 4.98 Å². The van der Waals surface area contributed by atoms with Gasteiger partial charge in [0.25, 0.3) is 0 Å². The van der Waals surface area contributed by atoms with E-state index < -0.39 is 0 Å². The van der Waals surface area contributed by atoms with E-state index in [4.69, 9.17) is 10.5 Å². The lowest BCUT2D eigenvalue weighted by Gasteiger charge is -2.19. The fraction of sp³-hybridized carbons (Fsp3) is 0.545. The molecular formula is C11H18N2O. The highest BCUT2D eigenvalue weighted by Crippen LogP contribution is 2.05. The van der Waals surface area contributed by atoms with Gasteiger partial charge < -0.3 is 10.5 Å². The van der Waals surface area contributed by atoms with Crippen LogP contribution in [0.4, 0.5) is 0 Å². The molecule has 1 rings (SSSR count). The van der Waals surface area contributed by atoms with E-state index in [1.54, 1.807) is 6.20 Å². The Morgan fingerprint density at radius 2 is 2.36 bits per heavy atom. The molecule has 0 aliphatic carbocycles. The highest BCUT2D eigenvalue weighted by atomic mass is 16.5. The van der Waals surface area contributed by atoms with Crippen molar-refractivity contribution in [3.8, 4) is 0 Å². The Kier molecular flexibility index (Phi) is 4.56. The zero-order valence-corrected chi connectivity index (χ0v) is 8.81. The van der Waals surface area contributed by atoms with E-state index in [9.17, 15) is 0 Å². The van der Waals surface area contributed by atoms with Gasteiger partial charge in [0.15, 0.2) is 0 Å². The Labute approximate surface area is 85.3 Å². The second-order valence-corrected chi connectivity index (χ2v) is 3.39. The van der Waals surface area contributed by atoms with Crippen LogP contribution in [-0.4, -0.2) is 23.7 Å². The van der Waals surface area contributed by atoms with Gasteiger partial charge in [-0.25, -0.2) is 0 Å². The molecule has 0 bridgehead atoms. The van der Waals surface area contributed by atoms with Crippen LogP contribution in [0.3, 0.4) is 0 Å². The summed E-state index contributed by atoms with van der Waals surface area (Å²) in [5, 5.41) is 0. The summed E-state index contributed by atoms with van der Waals surface area (Å²) in [4.78, 5) is 4.05. The van der Waals surface area contributed by atoms with Crippen LogP contribution in [0.1, 0.15) is 19.4 Å². The molecule has 1 aromatic rings. The first kappa shape index (κ1) is 11.1. The number of hydrogen-bond acceptors (Lipinski definition) is 3. The smallest absolute Gasteiger partial charge is 0.0700 e. The van der Waals surface area contributed by atoms with Gasteiger partial charge in [-0.3, -0.25) is 4.98 Å². The lowest BCUT2D eigenvalue weighted by atomic mass is 10.0. The molecule has 0 saturated heterocycles. The highest BCUT2D eigenvalue weighted by Gasteiger charge is 2.12. The third kappa shape index (κ3) is 3.44. The van der Waals surface area contributed by atoms with E-state index in [0.717, 1.165) is 12.0 Å². The Bertz CT molecular complexity index is 251. The van der Waals surface area contributed by atoms with Gasteiger partial charge >= 0.3 is 0 Å². The van der Waals surface area contributed by atoms with Crippen molar-refractivity contribution < 1.29 is 4.74 Å². The molecule has 0 aromatic carbocycles. The largest absolute Gasteiger partial charge is 0.377 e. The summed E-state index contributed by atoms with van der Waals surface area (Å²) >= 11 is 0. The third-order valence-electron chi connectivity index (χ3n) is 2.23. The number of rotatable bonds is 5. The first-order valence-corrected chi connectivity index (χ1v) is 5.00. The van der Waals surface area contributed by atoms with Gasteiger partial charge in [0.1, 0.15) is 0 Å². The van der Waals surface area contributed by atoms with E-state index in [1.807, 2.05) is 32.2 Å². The second kappa shape index (κ2) is 5.73. The number of nitrogens with two attached hydrogens (primary N) is 1. The Morgan fingerprint density at radius 3 is 2.93 bits per heavy atom. The molecule has 1 heterocycles.